The molecule has 1 N–H and O–H groups in total. The molecule has 0 aliphatic carbocycles. The Morgan fingerprint density at radius 3 is 2.18 bits per heavy atom. The zero-order valence-corrected chi connectivity index (χ0v) is 21.0. The van der Waals surface area contributed by atoms with E-state index in [0.29, 0.717) is 0 Å². The molecule has 10 nitrogen and oxygen atoms in total. The molecule has 1 aliphatic rings. The lowest BCUT2D eigenvalue weighted by Crippen LogP contribution is -2.56. The number of carboxylic acid groups (broad SMARTS) is 1. The number of aryl methyl sites for hydroxylation is 1. The third-order valence-corrected chi connectivity index (χ3v) is 6.90. The van der Waals surface area contributed by atoms with E-state index in [4.69, 9.17) is 4.18 Å². The standard InChI is InChI=1S/C22H32FN3O7S/c1-14(2)18(19(27)28)24(6)21(30)26-12-11-25(20(29)22(4,5)23)17(26)13-33-34(31,32)16-9-7-15(3)8-10-16/h7-10,14,17-18H,11-13H2,1-6H3,(H,27,28)/t17-,18-/m0/s1. The van der Waals surface area contributed by atoms with Crippen LogP contribution in [-0.4, -0.2) is 90.8 Å². The summed E-state index contributed by atoms with van der Waals surface area (Å²) in [6.45, 7) is 6.44. The first-order chi connectivity index (χ1) is 15.6. The van der Waals surface area contributed by atoms with Gasteiger partial charge in [-0.1, -0.05) is 31.5 Å². The molecule has 1 heterocycles. The maximum Gasteiger partial charge on any atom is 0.326 e. The molecule has 2 atom stereocenters. The molecule has 0 saturated carbocycles. The van der Waals surface area contributed by atoms with Crippen molar-refractivity contribution in [3.05, 3.63) is 29.8 Å². The Morgan fingerprint density at radius 2 is 1.71 bits per heavy atom. The number of amides is 3. The van der Waals surface area contributed by atoms with Gasteiger partial charge in [0, 0.05) is 20.1 Å². The lowest BCUT2D eigenvalue weighted by atomic mass is 10.0. The number of hydrogen-bond acceptors (Lipinski definition) is 6. The van der Waals surface area contributed by atoms with E-state index < -0.39 is 58.4 Å². The van der Waals surface area contributed by atoms with E-state index in [1.807, 2.05) is 0 Å². The highest BCUT2D eigenvalue weighted by Gasteiger charge is 2.45. The molecule has 1 aromatic carbocycles. The van der Waals surface area contributed by atoms with Gasteiger partial charge < -0.3 is 14.9 Å². The fraction of sp³-hybridized carbons (Fsp3) is 0.591. The third kappa shape index (κ3) is 6.03. The van der Waals surface area contributed by atoms with Gasteiger partial charge in [-0.2, -0.15) is 8.42 Å². The topological polar surface area (TPSA) is 125 Å². The fourth-order valence-corrected chi connectivity index (χ4v) is 4.71. The normalized spacial score (nSPS) is 17.7. The highest BCUT2D eigenvalue weighted by atomic mass is 32.2. The second kappa shape index (κ2) is 10.3. The van der Waals surface area contributed by atoms with Crippen LogP contribution in [-0.2, 0) is 23.9 Å². The lowest BCUT2D eigenvalue weighted by Gasteiger charge is -2.36. The summed E-state index contributed by atoms with van der Waals surface area (Å²) < 4.78 is 45.0. The molecule has 1 fully saturated rings. The van der Waals surface area contributed by atoms with Crippen LogP contribution in [0.15, 0.2) is 29.2 Å². The second-order valence-electron chi connectivity index (χ2n) is 9.12. The quantitative estimate of drug-likeness (QED) is 0.541. The van der Waals surface area contributed by atoms with Crippen LogP contribution in [0.2, 0.25) is 0 Å². The Morgan fingerprint density at radius 1 is 1.18 bits per heavy atom. The van der Waals surface area contributed by atoms with Crippen LogP contribution in [0.1, 0.15) is 33.3 Å². The van der Waals surface area contributed by atoms with Gasteiger partial charge in [-0.15, -0.1) is 0 Å². The minimum absolute atomic E-state index is 0.0476. The van der Waals surface area contributed by atoms with Crippen LogP contribution in [0.25, 0.3) is 0 Å². The van der Waals surface area contributed by atoms with Gasteiger partial charge in [0.25, 0.3) is 16.0 Å². The number of alkyl halides is 1. The van der Waals surface area contributed by atoms with E-state index >= 15 is 0 Å². The van der Waals surface area contributed by atoms with E-state index in [-0.39, 0.29) is 18.0 Å². The van der Waals surface area contributed by atoms with E-state index in [0.717, 1.165) is 34.1 Å². The largest absolute Gasteiger partial charge is 0.480 e. The summed E-state index contributed by atoms with van der Waals surface area (Å²) in [6, 6.07) is 4.02. The molecule has 3 amide bonds. The van der Waals surface area contributed by atoms with Gasteiger partial charge >= 0.3 is 12.0 Å². The van der Waals surface area contributed by atoms with Crippen LogP contribution in [0.4, 0.5) is 9.18 Å². The number of halogens is 1. The maximum absolute atomic E-state index is 14.5. The molecule has 34 heavy (non-hydrogen) atoms. The highest BCUT2D eigenvalue weighted by Crippen LogP contribution is 2.25. The fourth-order valence-electron chi connectivity index (χ4n) is 3.81. The number of benzene rings is 1. The van der Waals surface area contributed by atoms with Gasteiger partial charge in [0.15, 0.2) is 5.67 Å². The molecule has 0 aromatic heterocycles. The second-order valence-corrected chi connectivity index (χ2v) is 10.7. The van der Waals surface area contributed by atoms with E-state index in [1.165, 1.54) is 19.2 Å². The third-order valence-electron chi connectivity index (χ3n) is 5.60. The predicted octanol–water partition coefficient (Wildman–Crippen LogP) is 2.08. The average Bonchev–Trinajstić information content (AvgIpc) is 3.13. The number of hydrogen-bond donors (Lipinski definition) is 1. The summed E-state index contributed by atoms with van der Waals surface area (Å²) in [5.41, 5.74) is -1.43. The van der Waals surface area contributed by atoms with Crippen LogP contribution < -0.4 is 0 Å². The van der Waals surface area contributed by atoms with Crippen LogP contribution >= 0.6 is 0 Å². The monoisotopic (exact) mass is 501 g/mol. The van der Waals surface area contributed by atoms with Crippen molar-refractivity contribution in [2.45, 2.75) is 57.4 Å². The molecule has 0 spiro atoms. The van der Waals surface area contributed by atoms with Crippen molar-refractivity contribution in [1.29, 1.82) is 0 Å². The number of carbonyl (C=O) groups is 3. The summed E-state index contributed by atoms with van der Waals surface area (Å²) in [5.74, 6) is -2.57. The van der Waals surface area contributed by atoms with Crippen LogP contribution in [0.3, 0.4) is 0 Å². The smallest absolute Gasteiger partial charge is 0.326 e. The minimum Gasteiger partial charge on any atom is -0.480 e. The number of aliphatic carboxylic acids is 1. The first-order valence-electron chi connectivity index (χ1n) is 10.8. The van der Waals surface area contributed by atoms with Crippen molar-refractivity contribution in [3.63, 3.8) is 0 Å². The minimum atomic E-state index is -4.24. The molecule has 0 radical (unpaired) electrons. The summed E-state index contributed by atoms with van der Waals surface area (Å²) in [6.07, 6.45) is -1.25. The van der Waals surface area contributed by atoms with Gasteiger partial charge in [-0.3, -0.25) is 13.9 Å². The Hall–Kier alpha value is -2.73. The van der Waals surface area contributed by atoms with Gasteiger partial charge in [0.05, 0.1) is 4.90 Å². The van der Waals surface area contributed by atoms with E-state index in [9.17, 15) is 32.3 Å². The molecule has 1 saturated heterocycles. The predicted molar refractivity (Wildman–Crippen MR) is 121 cm³/mol. The number of likely N-dealkylation sites (N-methyl/N-ethyl adjacent to an activating group) is 1. The first-order valence-corrected chi connectivity index (χ1v) is 12.2. The summed E-state index contributed by atoms with van der Waals surface area (Å²) in [4.78, 5) is 40.7. The first kappa shape index (κ1) is 27.5. The Kier molecular flexibility index (Phi) is 8.30. The molecule has 0 unspecified atom stereocenters. The van der Waals surface area contributed by atoms with Crippen molar-refractivity contribution >= 4 is 28.0 Å². The number of carboxylic acids is 1. The summed E-state index contributed by atoms with van der Waals surface area (Å²) in [7, 11) is -2.93. The Labute approximate surface area is 199 Å². The van der Waals surface area contributed by atoms with Crippen molar-refractivity contribution < 1.29 is 36.5 Å². The molecule has 12 heteroatoms. The van der Waals surface area contributed by atoms with Crippen molar-refractivity contribution in [1.82, 2.24) is 14.7 Å². The van der Waals surface area contributed by atoms with Crippen molar-refractivity contribution in [3.8, 4) is 0 Å². The number of nitrogens with zero attached hydrogens (tertiary/aromatic N) is 3. The number of carbonyl (C=O) groups excluding carboxylic acids is 2. The Bertz CT molecular complexity index is 1020. The van der Waals surface area contributed by atoms with Gasteiger partial charge in [0.1, 0.15) is 18.8 Å². The molecule has 1 aliphatic heterocycles. The van der Waals surface area contributed by atoms with Crippen LogP contribution in [0.5, 0.6) is 0 Å². The van der Waals surface area contributed by atoms with Crippen molar-refractivity contribution in [2.75, 3.05) is 26.7 Å². The van der Waals surface area contributed by atoms with E-state index in [1.54, 1.807) is 32.9 Å². The van der Waals surface area contributed by atoms with Gasteiger partial charge in [-0.25, -0.2) is 14.0 Å². The molecule has 1 aromatic rings. The molecular formula is C22H32FN3O7S. The molecule has 190 valence electrons. The lowest BCUT2D eigenvalue weighted by molar-refractivity contribution is -0.146. The zero-order valence-electron chi connectivity index (χ0n) is 20.2. The zero-order chi connectivity index (χ0) is 26.0. The number of rotatable bonds is 8. The molecular weight excluding hydrogens is 469 g/mol. The summed E-state index contributed by atoms with van der Waals surface area (Å²) >= 11 is 0. The van der Waals surface area contributed by atoms with Gasteiger partial charge in [0.2, 0.25) is 0 Å². The van der Waals surface area contributed by atoms with E-state index in [2.05, 4.69) is 0 Å². The SMILES string of the molecule is Cc1ccc(S(=O)(=O)OC[C@@H]2N(C(=O)N(C)[C@H](C(=O)O)C(C)C)CCN2C(=O)C(C)(C)F)cc1. The van der Waals surface area contributed by atoms with Crippen molar-refractivity contribution in [2.24, 2.45) is 5.92 Å². The average molecular weight is 502 g/mol. The number of urea groups is 1. The van der Waals surface area contributed by atoms with Gasteiger partial charge in [-0.05, 0) is 38.8 Å². The Balaban J connectivity index is 2.35. The molecule has 0 bridgehead atoms. The summed E-state index contributed by atoms with van der Waals surface area (Å²) in [5, 5.41) is 9.54. The maximum atomic E-state index is 14.5. The molecule has 2 rings (SSSR count). The van der Waals surface area contributed by atoms with Crippen LogP contribution in [0, 0.1) is 12.8 Å². The highest BCUT2D eigenvalue weighted by molar-refractivity contribution is 7.86.